The number of halogens is 1. The standard InChI is InChI=1S/C30H35FN2O4/c1-3-25(30(35)36)33-26-13-11-21(31)16-23(26)24-17-22(12-14-27(24)33)32(18-19-8-9-19)29(34)15-10-20-6-4-5-7-28(20)37-2/h4-7,11,13,16,19,22,25H,3,8-10,12,14-15,17-18H2,1-2H3,(H,35,36)/t22-,25?/m0/s1. The van der Waals surface area contributed by atoms with E-state index in [-0.39, 0.29) is 17.8 Å². The molecule has 5 rings (SSSR count). The predicted molar refractivity (Wildman–Crippen MR) is 140 cm³/mol. The van der Waals surface area contributed by atoms with Crippen molar-refractivity contribution < 1.29 is 23.8 Å². The molecule has 0 aliphatic heterocycles. The van der Waals surface area contributed by atoms with E-state index in [1.165, 1.54) is 12.1 Å². The number of fused-ring (bicyclic) bond motifs is 3. The second-order valence-corrected chi connectivity index (χ2v) is 10.4. The largest absolute Gasteiger partial charge is 0.496 e. The maximum absolute atomic E-state index is 14.3. The molecule has 1 heterocycles. The fourth-order valence-corrected chi connectivity index (χ4v) is 5.96. The van der Waals surface area contributed by atoms with Gasteiger partial charge in [0.2, 0.25) is 5.91 Å². The van der Waals surface area contributed by atoms with Gasteiger partial charge in [0, 0.05) is 35.6 Å². The van der Waals surface area contributed by atoms with Crippen LogP contribution in [0.15, 0.2) is 42.5 Å². The van der Waals surface area contributed by atoms with Crippen molar-refractivity contribution in [2.24, 2.45) is 5.92 Å². The molecule has 0 radical (unpaired) electrons. The smallest absolute Gasteiger partial charge is 0.326 e. The third-order valence-electron chi connectivity index (χ3n) is 8.03. The molecule has 3 aromatic rings. The summed E-state index contributed by atoms with van der Waals surface area (Å²) in [7, 11) is 1.65. The molecule has 1 amide bonds. The van der Waals surface area contributed by atoms with Gasteiger partial charge >= 0.3 is 5.97 Å². The van der Waals surface area contributed by atoms with Gasteiger partial charge in [-0.15, -0.1) is 0 Å². The minimum atomic E-state index is -0.879. The Bertz CT molecular complexity index is 1310. The number of amides is 1. The highest BCUT2D eigenvalue weighted by Crippen LogP contribution is 2.39. The van der Waals surface area contributed by atoms with Crippen LogP contribution in [-0.4, -0.2) is 46.1 Å². The third kappa shape index (κ3) is 5.09. The fourth-order valence-electron chi connectivity index (χ4n) is 5.96. The molecule has 1 fully saturated rings. The molecule has 37 heavy (non-hydrogen) atoms. The van der Waals surface area contributed by atoms with Gasteiger partial charge in [-0.05, 0) is 86.3 Å². The lowest BCUT2D eigenvalue weighted by Crippen LogP contribution is -2.45. The van der Waals surface area contributed by atoms with Gasteiger partial charge in [0.25, 0.3) is 0 Å². The first kappa shape index (κ1) is 25.3. The van der Waals surface area contributed by atoms with Crippen molar-refractivity contribution in [3.63, 3.8) is 0 Å². The summed E-state index contributed by atoms with van der Waals surface area (Å²) in [5.74, 6) is 0.270. The number of carbonyl (C=O) groups is 2. The Kier molecular flexibility index (Phi) is 7.22. The topological polar surface area (TPSA) is 71.8 Å². The number of carbonyl (C=O) groups excluding carboxylic acids is 1. The molecule has 0 saturated heterocycles. The Labute approximate surface area is 217 Å². The third-order valence-corrected chi connectivity index (χ3v) is 8.03. The molecule has 1 unspecified atom stereocenters. The average Bonchev–Trinajstić information content (AvgIpc) is 3.68. The minimum Gasteiger partial charge on any atom is -0.496 e. The number of benzene rings is 2. The van der Waals surface area contributed by atoms with Gasteiger partial charge in [-0.2, -0.15) is 0 Å². The molecule has 1 aromatic heterocycles. The van der Waals surface area contributed by atoms with Crippen LogP contribution in [0.2, 0.25) is 0 Å². The second-order valence-electron chi connectivity index (χ2n) is 10.4. The Balaban J connectivity index is 1.44. The lowest BCUT2D eigenvalue weighted by atomic mass is 9.89. The van der Waals surface area contributed by atoms with Gasteiger partial charge < -0.3 is 19.3 Å². The molecule has 2 atom stereocenters. The van der Waals surface area contributed by atoms with E-state index in [2.05, 4.69) is 4.90 Å². The number of methoxy groups -OCH3 is 1. The molecule has 2 aliphatic rings. The zero-order chi connectivity index (χ0) is 26.1. The first-order valence-electron chi connectivity index (χ1n) is 13.4. The lowest BCUT2D eigenvalue weighted by molar-refractivity contribution is -0.141. The van der Waals surface area contributed by atoms with E-state index < -0.39 is 12.0 Å². The van der Waals surface area contributed by atoms with Gasteiger partial charge in [-0.1, -0.05) is 25.1 Å². The predicted octanol–water partition coefficient (Wildman–Crippen LogP) is 5.55. The summed E-state index contributed by atoms with van der Waals surface area (Å²) in [5.41, 5.74) is 3.74. The number of hydrogen-bond acceptors (Lipinski definition) is 3. The molecular weight excluding hydrogens is 471 g/mol. The first-order chi connectivity index (χ1) is 17.9. The second kappa shape index (κ2) is 10.6. The summed E-state index contributed by atoms with van der Waals surface area (Å²) in [6.07, 6.45) is 5.82. The van der Waals surface area contributed by atoms with E-state index in [1.807, 2.05) is 35.8 Å². The first-order valence-corrected chi connectivity index (χ1v) is 13.4. The van der Waals surface area contributed by atoms with Crippen molar-refractivity contribution in [3.05, 3.63) is 65.1 Å². The molecule has 0 spiro atoms. The number of nitrogens with zero attached hydrogens (tertiary/aromatic N) is 2. The number of ether oxygens (including phenoxy) is 1. The maximum Gasteiger partial charge on any atom is 0.326 e. The Morgan fingerprint density at radius 1 is 1.19 bits per heavy atom. The summed E-state index contributed by atoms with van der Waals surface area (Å²) in [4.78, 5) is 27.8. The van der Waals surface area contributed by atoms with Gasteiger partial charge in [0.15, 0.2) is 0 Å². The van der Waals surface area contributed by atoms with Crippen molar-refractivity contribution in [2.75, 3.05) is 13.7 Å². The fraction of sp³-hybridized carbons (Fsp3) is 0.467. The summed E-state index contributed by atoms with van der Waals surface area (Å²) in [5, 5.41) is 10.7. The van der Waals surface area contributed by atoms with Gasteiger partial charge in [-0.3, -0.25) is 4.79 Å². The molecule has 1 N–H and O–H groups in total. The van der Waals surface area contributed by atoms with E-state index in [0.717, 1.165) is 59.3 Å². The number of aromatic nitrogens is 1. The number of rotatable bonds is 10. The van der Waals surface area contributed by atoms with Crippen LogP contribution in [0.1, 0.15) is 61.9 Å². The van der Waals surface area contributed by atoms with Gasteiger partial charge in [0.1, 0.15) is 17.6 Å². The van der Waals surface area contributed by atoms with Crippen molar-refractivity contribution in [3.8, 4) is 5.75 Å². The molecule has 1 saturated carbocycles. The normalized spacial score (nSPS) is 17.9. The number of carboxylic acid groups (broad SMARTS) is 1. The van der Waals surface area contributed by atoms with E-state index in [1.54, 1.807) is 13.2 Å². The van der Waals surface area contributed by atoms with Crippen LogP contribution in [0, 0.1) is 11.7 Å². The SMILES string of the molecule is CCC(C(=O)O)n1c2c(c3cc(F)ccc31)C[C@@H](N(CC1CC1)C(=O)CCc1ccccc1OC)CC2. The van der Waals surface area contributed by atoms with Crippen LogP contribution in [0.25, 0.3) is 10.9 Å². The molecular formula is C30H35FN2O4. The number of aliphatic carboxylic acids is 1. The quantitative estimate of drug-likeness (QED) is 0.391. The molecule has 2 aromatic carbocycles. The zero-order valence-corrected chi connectivity index (χ0v) is 21.6. The number of aryl methyl sites for hydroxylation is 1. The van der Waals surface area contributed by atoms with Crippen LogP contribution >= 0.6 is 0 Å². The minimum absolute atomic E-state index is 0.0190. The van der Waals surface area contributed by atoms with Crippen molar-refractivity contribution in [1.29, 1.82) is 0 Å². The number of hydrogen-bond donors (Lipinski definition) is 1. The summed E-state index contributed by atoms with van der Waals surface area (Å²) >= 11 is 0. The summed E-state index contributed by atoms with van der Waals surface area (Å²) in [6, 6.07) is 11.7. The van der Waals surface area contributed by atoms with Crippen LogP contribution < -0.4 is 4.74 Å². The Hall–Kier alpha value is -3.35. The molecule has 7 heteroatoms. The highest BCUT2D eigenvalue weighted by molar-refractivity contribution is 5.88. The van der Waals surface area contributed by atoms with Crippen LogP contribution in [0.4, 0.5) is 4.39 Å². The van der Waals surface area contributed by atoms with Crippen LogP contribution in [0.3, 0.4) is 0 Å². The maximum atomic E-state index is 14.3. The lowest BCUT2D eigenvalue weighted by Gasteiger charge is -2.35. The van der Waals surface area contributed by atoms with E-state index in [0.29, 0.717) is 38.0 Å². The van der Waals surface area contributed by atoms with Gasteiger partial charge in [0.05, 0.1) is 7.11 Å². The van der Waals surface area contributed by atoms with E-state index >= 15 is 0 Å². The highest BCUT2D eigenvalue weighted by atomic mass is 19.1. The molecule has 196 valence electrons. The van der Waals surface area contributed by atoms with Crippen molar-refractivity contribution in [1.82, 2.24) is 9.47 Å². The van der Waals surface area contributed by atoms with Crippen molar-refractivity contribution in [2.45, 2.75) is 70.4 Å². The van der Waals surface area contributed by atoms with E-state index in [4.69, 9.17) is 4.74 Å². The average molecular weight is 507 g/mol. The highest BCUT2D eigenvalue weighted by Gasteiger charge is 2.36. The summed E-state index contributed by atoms with van der Waals surface area (Å²) in [6.45, 7) is 2.62. The number of carboxylic acids is 1. The van der Waals surface area contributed by atoms with Gasteiger partial charge in [-0.25, -0.2) is 9.18 Å². The summed E-state index contributed by atoms with van der Waals surface area (Å²) < 4.78 is 21.7. The number of para-hydroxylation sites is 1. The Morgan fingerprint density at radius 3 is 2.68 bits per heavy atom. The Morgan fingerprint density at radius 2 is 1.97 bits per heavy atom. The monoisotopic (exact) mass is 506 g/mol. The molecule has 2 aliphatic carbocycles. The van der Waals surface area contributed by atoms with E-state index in [9.17, 15) is 19.1 Å². The molecule has 0 bridgehead atoms. The van der Waals surface area contributed by atoms with Crippen LogP contribution in [0.5, 0.6) is 5.75 Å². The van der Waals surface area contributed by atoms with Crippen molar-refractivity contribution >= 4 is 22.8 Å². The zero-order valence-electron chi connectivity index (χ0n) is 21.6. The molecule has 6 nitrogen and oxygen atoms in total. The van der Waals surface area contributed by atoms with Crippen LogP contribution in [-0.2, 0) is 28.9 Å².